The topological polar surface area (TPSA) is 49.8 Å². The smallest absolute Gasteiger partial charge is 0.135 e. The highest BCUT2D eigenvalue weighted by Crippen LogP contribution is 2.48. The van der Waals surface area contributed by atoms with Gasteiger partial charge in [-0.25, -0.2) is 9.97 Å². The summed E-state index contributed by atoms with van der Waals surface area (Å²) in [5.74, 6) is 3.22. The van der Waals surface area contributed by atoms with E-state index in [9.17, 15) is 0 Å². The van der Waals surface area contributed by atoms with Crippen molar-refractivity contribution in [1.82, 2.24) is 9.97 Å². The summed E-state index contributed by atoms with van der Waals surface area (Å²) in [7, 11) is 0. The van der Waals surface area contributed by atoms with Crippen LogP contribution < -0.4 is 10.6 Å². The quantitative estimate of drug-likeness (QED) is 0.792. The van der Waals surface area contributed by atoms with E-state index in [0.29, 0.717) is 11.3 Å². The van der Waals surface area contributed by atoms with Gasteiger partial charge in [-0.1, -0.05) is 20.8 Å². The van der Waals surface area contributed by atoms with Gasteiger partial charge in [0.2, 0.25) is 0 Å². The maximum atomic E-state index is 4.72. The number of nitrogens with zero attached hydrogens (tertiary/aromatic N) is 2. The maximum Gasteiger partial charge on any atom is 0.135 e. The molecule has 0 atom stereocenters. The number of aromatic nitrogens is 2. The van der Waals surface area contributed by atoms with Gasteiger partial charge in [-0.2, -0.15) is 0 Å². The standard InChI is InChI=1S/C16H28N4/c1-6-16(8-9-16)10-18-15-12(5)14(17-7-2)19-13(20-15)11(3)4/h11H,6-10H2,1-5H3,(H2,17,18,19,20). The molecule has 1 fully saturated rings. The van der Waals surface area contributed by atoms with Crippen molar-refractivity contribution >= 4 is 11.6 Å². The van der Waals surface area contributed by atoms with Crippen molar-refractivity contribution in [3.05, 3.63) is 11.4 Å². The van der Waals surface area contributed by atoms with Gasteiger partial charge in [-0.05, 0) is 38.5 Å². The molecule has 2 N–H and O–H groups in total. The minimum Gasteiger partial charge on any atom is -0.370 e. The molecule has 1 aromatic heterocycles. The maximum absolute atomic E-state index is 4.72. The summed E-state index contributed by atoms with van der Waals surface area (Å²) in [6.07, 6.45) is 3.94. The number of hydrogen-bond acceptors (Lipinski definition) is 4. The summed E-state index contributed by atoms with van der Waals surface area (Å²) in [6.45, 7) is 12.7. The zero-order valence-corrected chi connectivity index (χ0v) is 13.5. The Morgan fingerprint density at radius 3 is 2.15 bits per heavy atom. The van der Waals surface area contributed by atoms with E-state index in [-0.39, 0.29) is 0 Å². The molecule has 0 spiro atoms. The largest absolute Gasteiger partial charge is 0.370 e. The molecule has 0 unspecified atom stereocenters. The molecule has 1 aromatic rings. The second-order valence-corrected chi connectivity index (χ2v) is 6.30. The lowest BCUT2D eigenvalue weighted by Gasteiger charge is -2.18. The summed E-state index contributed by atoms with van der Waals surface area (Å²) < 4.78 is 0. The average Bonchev–Trinajstić information content (AvgIpc) is 3.20. The van der Waals surface area contributed by atoms with E-state index in [1.807, 2.05) is 0 Å². The van der Waals surface area contributed by atoms with E-state index in [1.54, 1.807) is 0 Å². The van der Waals surface area contributed by atoms with Crippen molar-refractivity contribution in [1.29, 1.82) is 0 Å². The van der Waals surface area contributed by atoms with Gasteiger partial charge in [0.05, 0.1) is 0 Å². The van der Waals surface area contributed by atoms with Gasteiger partial charge in [0.1, 0.15) is 17.5 Å². The van der Waals surface area contributed by atoms with Gasteiger partial charge in [-0.15, -0.1) is 0 Å². The molecule has 0 aliphatic heterocycles. The van der Waals surface area contributed by atoms with Crippen LogP contribution >= 0.6 is 0 Å². The molecule has 2 rings (SSSR count). The Balaban J connectivity index is 2.21. The third-order valence-corrected chi connectivity index (χ3v) is 4.36. The first kappa shape index (κ1) is 15.1. The van der Waals surface area contributed by atoms with E-state index in [4.69, 9.17) is 4.98 Å². The molecule has 1 aliphatic carbocycles. The van der Waals surface area contributed by atoms with Crippen LogP contribution in [0.15, 0.2) is 0 Å². The fourth-order valence-electron chi connectivity index (χ4n) is 2.41. The molecular weight excluding hydrogens is 248 g/mol. The van der Waals surface area contributed by atoms with Crippen LogP contribution in [0.25, 0.3) is 0 Å². The zero-order valence-electron chi connectivity index (χ0n) is 13.5. The zero-order chi connectivity index (χ0) is 14.8. The van der Waals surface area contributed by atoms with Gasteiger partial charge in [-0.3, -0.25) is 0 Å². The molecule has 0 amide bonds. The van der Waals surface area contributed by atoms with Crippen molar-refractivity contribution in [3.63, 3.8) is 0 Å². The highest BCUT2D eigenvalue weighted by molar-refractivity contribution is 5.57. The summed E-state index contributed by atoms with van der Waals surface area (Å²) >= 11 is 0. The molecule has 20 heavy (non-hydrogen) atoms. The third kappa shape index (κ3) is 3.22. The Labute approximate surface area is 122 Å². The first-order valence-electron chi connectivity index (χ1n) is 7.87. The summed E-state index contributed by atoms with van der Waals surface area (Å²) in [5, 5.41) is 6.92. The lowest BCUT2D eigenvalue weighted by Crippen LogP contribution is -2.18. The van der Waals surface area contributed by atoms with Crippen LogP contribution in [-0.4, -0.2) is 23.1 Å². The van der Waals surface area contributed by atoms with Crippen molar-refractivity contribution in [2.75, 3.05) is 23.7 Å². The summed E-state index contributed by atoms with van der Waals surface area (Å²) in [6, 6.07) is 0. The Morgan fingerprint density at radius 1 is 1.10 bits per heavy atom. The van der Waals surface area contributed by atoms with E-state index in [0.717, 1.165) is 36.1 Å². The second kappa shape index (κ2) is 5.98. The molecule has 1 saturated carbocycles. The minimum atomic E-state index is 0.342. The normalized spacial score (nSPS) is 16.3. The molecule has 112 valence electrons. The first-order chi connectivity index (χ1) is 9.51. The fourth-order valence-corrected chi connectivity index (χ4v) is 2.41. The predicted octanol–water partition coefficient (Wildman–Crippen LogP) is 3.94. The van der Waals surface area contributed by atoms with Crippen LogP contribution in [0.2, 0.25) is 0 Å². The molecule has 0 aromatic carbocycles. The predicted molar refractivity (Wildman–Crippen MR) is 85.5 cm³/mol. The van der Waals surface area contributed by atoms with Crippen LogP contribution in [0.3, 0.4) is 0 Å². The van der Waals surface area contributed by atoms with Crippen LogP contribution in [0.1, 0.15) is 64.3 Å². The Bertz CT molecular complexity index is 464. The summed E-state index contributed by atoms with van der Waals surface area (Å²) in [5.41, 5.74) is 1.65. The van der Waals surface area contributed by atoms with E-state index in [2.05, 4.69) is 50.2 Å². The Hall–Kier alpha value is -1.32. The van der Waals surface area contributed by atoms with Gasteiger partial charge in [0.25, 0.3) is 0 Å². The molecular formula is C16H28N4. The van der Waals surface area contributed by atoms with E-state index >= 15 is 0 Å². The van der Waals surface area contributed by atoms with Crippen molar-refractivity contribution in [2.45, 2.75) is 59.8 Å². The highest BCUT2D eigenvalue weighted by Gasteiger charge is 2.40. The molecule has 1 heterocycles. The third-order valence-electron chi connectivity index (χ3n) is 4.36. The molecule has 0 radical (unpaired) electrons. The van der Waals surface area contributed by atoms with Gasteiger partial charge in [0, 0.05) is 24.6 Å². The highest BCUT2D eigenvalue weighted by atomic mass is 15.1. The molecule has 4 nitrogen and oxygen atoms in total. The van der Waals surface area contributed by atoms with Crippen molar-refractivity contribution in [2.24, 2.45) is 5.41 Å². The molecule has 4 heteroatoms. The lowest BCUT2D eigenvalue weighted by atomic mass is 10.0. The van der Waals surface area contributed by atoms with E-state index in [1.165, 1.54) is 19.3 Å². The Morgan fingerprint density at radius 2 is 1.70 bits per heavy atom. The first-order valence-corrected chi connectivity index (χ1v) is 7.87. The van der Waals surface area contributed by atoms with Crippen LogP contribution in [-0.2, 0) is 0 Å². The monoisotopic (exact) mass is 276 g/mol. The Kier molecular flexibility index (Phi) is 4.51. The number of anilines is 2. The van der Waals surface area contributed by atoms with Crippen LogP contribution in [0.4, 0.5) is 11.6 Å². The van der Waals surface area contributed by atoms with Crippen LogP contribution in [0.5, 0.6) is 0 Å². The van der Waals surface area contributed by atoms with Crippen molar-refractivity contribution < 1.29 is 0 Å². The van der Waals surface area contributed by atoms with Gasteiger partial charge < -0.3 is 10.6 Å². The van der Waals surface area contributed by atoms with Gasteiger partial charge in [0.15, 0.2) is 0 Å². The number of hydrogen-bond donors (Lipinski definition) is 2. The minimum absolute atomic E-state index is 0.342. The fraction of sp³-hybridized carbons (Fsp3) is 0.750. The lowest BCUT2D eigenvalue weighted by molar-refractivity contribution is 0.520. The number of rotatable bonds is 7. The molecule has 0 saturated heterocycles. The van der Waals surface area contributed by atoms with Gasteiger partial charge >= 0.3 is 0 Å². The SMILES string of the molecule is CCNc1nc(C(C)C)nc(NCC2(CC)CC2)c1C. The summed E-state index contributed by atoms with van der Waals surface area (Å²) in [4.78, 5) is 9.36. The molecule has 1 aliphatic rings. The number of nitrogens with one attached hydrogen (secondary N) is 2. The molecule has 0 bridgehead atoms. The average molecular weight is 276 g/mol. The van der Waals surface area contributed by atoms with Crippen molar-refractivity contribution in [3.8, 4) is 0 Å². The van der Waals surface area contributed by atoms with Crippen LogP contribution in [0, 0.1) is 12.3 Å². The second-order valence-electron chi connectivity index (χ2n) is 6.30. The van der Waals surface area contributed by atoms with E-state index < -0.39 is 0 Å².